The number of guanidine groups is 1. The number of rotatable bonds is 7. The van der Waals surface area contributed by atoms with Gasteiger partial charge >= 0.3 is 0 Å². The van der Waals surface area contributed by atoms with Crippen molar-refractivity contribution in [1.29, 1.82) is 0 Å². The van der Waals surface area contributed by atoms with Crippen LogP contribution in [0.1, 0.15) is 37.7 Å². The van der Waals surface area contributed by atoms with Gasteiger partial charge in [0.05, 0.1) is 4.90 Å². The number of thioether (sulfide) groups is 1. The summed E-state index contributed by atoms with van der Waals surface area (Å²) >= 11 is 1.94. The number of nitrogens with one attached hydrogen (secondary N) is 3. The van der Waals surface area contributed by atoms with Crippen LogP contribution in [0.25, 0.3) is 0 Å². The zero-order valence-corrected chi connectivity index (χ0v) is 19.7. The second-order valence-electron chi connectivity index (χ2n) is 6.98. The summed E-state index contributed by atoms with van der Waals surface area (Å²) in [6, 6.07) is 7.62. The Bertz CT molecular complexity index is 736. The van der Waals surface area contributed by atoms with E-state index < -0.39 is 10.0 Å². The van der Waals surface area contributed by atoms with Crippen LogP contribution in [-0.4, -0.2) is 45.0 Å². The van der Waals surface area contributed by atoms with Crippen LogP contribution < -0.4 is 15.4 Å². The molecule has 1 aromatic rings. The Balaban J connectivity index is 0.00000261. The maximum Gasteiger partial charge on any atom is 0.240 e. The predicted octanol–water partition coefficient (Wildman–Crippen LogP) is 2.69. The van der Waals surface area contributed by atoms with Crippen molar-refractivity contribution in [3.63, 3.8) is 0 Å². The molecule has 2 aliphatic rings. The number of nitrogens with zero attached hydrogens (tertiary/aromatic N) is 1. The molecule has 1 aromatic carbocycles. The van der Waals surface area contributed by atoms with E-state index in [4.69, 9.17) is 0 Å². The number of benzene rings is 1. The largest absolute Gasteiger partial charge is 0.354 e. The maximum absolute atomic E-state index is 12.2. The van der Waals surface area contributed by atoms with Gasteiger partial charge in [0.25, 0.3) is 0 Å². The van der Waals surface area contributed by atoms with Gasteiger partial charge in [-0.05, 0) is 56.1 Å². The van der Waals surface area contributed by atoms with Gasteiger partial charge in [-0.3, -0.25) is 4.99 Å². The maximum atomic E-state index is 12.2. The van der Waals surface area contributed by atoms with Gasteiger partial charge in [-0.2, -0.15) is 11.8 Å². The summed E-state index contributed by atoms with van der Waals surface area (Å²) in [5, 5.41) is 7.54. The summed E-state index contributed by atoms with van der Waals surface area (Å²) in [5.74, 6) is 0.795. The highest BCUT2D eigenvalue weighted by Crippen LogP contribution is 2.28. The molecule has 2 aliphatic carbocycles. The van der Waals surface area contributed by atoms with E-state index in [-0.39, 0.29) is 30.0 Å². The predicted molar refractivity (Wildman–Crippen MR) is 123 cm³/mol. The fourth-order valence-corrected chi connectivity index (χ4v) is 5.24. The van der Waals surface area contributed by atoms with Gasteiger partial charge in [-0.25, -0.2) is 13.1 Å². The van der Waals surface area contributed by atoms with E-state index in [0.717, 1.165) is 29.6 Å². The molecule has 0 spiro atoms. The van der Waals surface area contributed by atoms with Gasteiger partial charge in [0.15, 0.2) is 5.96 Å². The molecule has 2 unspecified atom stereocenters. The van der Waals surface area contributed by atoms with E-state index in [9.17, 15) is 8.42 Å². The number of halogens is 1. The molecule has 0 radical (unpaired) electrons. The minimum Gasteiger partial charge on any atom is -0.354 e. The Hall–Kier alpha value is -0.520. The molecule has 0 bridgehead atoms. The number of sulfonamides is 1. The quantitative estimate of drug-likeness (QED) is 0.290. The molecule has 3 rings (SSSR count). The smallest absolute Gasteiger partial charge is 0.240 e. The topological polar surface area (TPSA) is 82.6 Å². The van der Waals surface area contributed by atoms with Gasteiger partial charge in [-0.15, -0.1) is 24.0 Å². The van der Waals surface area contributed by atoms with Gasteiger partial charge in [0, 0.05) is 30.9 Å². The van der Waals surface area contributed by atoms with E-state index in [2.05, 4.69) is 26.6 Å². The molecule has 2 fully saturated rings. The molecule has 0 aromatic heterocycles. The molecule has 0 aliphatic heterocycles. The summed E-state index contributed by atoms with van der Waals surface area (Å²) < 4.78 is 27.1. The van der Waals surface area contributed by atoms with E-state index in [1.54, 1.807) is 19.2 Å². The molecule has 0 amide bonds. The van der Waals surface area contributed by atoms with Crippen molar-refractivity contribution in [2.45, 2.75) is 60.9 Å². The SMILES string of the molecule is CN=C(NCc1ccc(S(=O)(=O)NC2CC2)cc1)NC1CCC(SC)C1.I. The Labute approximate surface area is 183 Å². The zero-order chi connectivity index (χ0) is 18.6. The number of aliphatic imine (C=N–C) groups is 1. The van der Waals surface area contributed by atoms with Crippen molar-refractivity contribution < 1.29 is 8.42 Å². The van der Waals surface area contributed by atoms with Gasteiger partial charge < -0.3 is 10.6 Å². The number of hydrogen-bond donors (Lipinski definition) is 3. The first kappa shape index (κ1) is 22.8. The van der Waals surface area contributed by atoms with Crippen molar-refractivity contribution in [3.05, 3.63) is 29.8 Å². The molecule has 27 heavy (non-hydrogen) atoms. The normalized spacial score (nSPS) is 23.0. The molecule has 6 nitrogen and oxygen atoms in total. The molecule has 0 heterocycles. The third-order valence-corrected chi connectivity index (χ3v) is 7.51. The highest BCUT2D eigenvalue weighted by atomic mass is 127. The average Bonchev–Trinajstić information content (AvgIpc) is 3.32. The molecule has 0 saturated heterocycles. The van der Waals surface area contributed by atoms with Crippen LogP contribution in [0.2, 0.25) is 0 Å². The van der Waals surface area contributed by atoms with Gasteiger partial charge in [-0.1, -0.05) is 12.1 Å². The van der Waals surface area contributed by atoms with Crippen molar-refractivity contribution in [1.82, 2.24) is 15.4 Å². The van der Waals surface area contributed by atoms with Crippen LogP contribution in [0.15, 0.2) is 34.2 Å². The molecule has 152 valence electrons. The second-order valence-corrected chi connectivity index (χ2v) is 9.83. The third-order valence-electron chi connectivity index (χ3n) is 4.88. The molecule has 2 atom stereocenters. The third kappa shape index (κ3) is 6.79. The summed E-state index contributed by atoms with van der Waals surface area (Å²) in [5.41, 5.74) is 1.02. The van der Waals surface area contributed by atoms with E-state index in [1.165, 1.54) is 19.3 Å². The molecule has 2 saturated carbocycles. The van der Waals surface area contributed by atoms with Crippen molar-refractivity contribution in [2.24, 2.45) is 4.99 Å². The van der Waals surface area contributed by atoms with Crippen LogP contribution in [0.4, 0.5) is 0 Å². The Morgan fingerprint density at radius 3 is 2.37 bits per heavy atom. The highest BCUT2D eigenvalue weighted by molar-refractivity contribution is 14.0. The molecular weight excluding hydrogens is 495 g/mol. The Morgan fingerprint density at radius 2 is 1.81 bits per heavy atom. The van der Waals surface area contributed by atoms with E-state index in [0.29, 0.717) is 17.5 Å². The van der Waals surface area contributed by atoms with Crippen molar-refractivity contribution >= 4 is 51.7 Å². The van der Waals surface area contributed by atoms with Crippen LogP contribution in [0.5, 0.6) is 0 Å². The summed E-state index contributed by atoms with van der Waals surface area (Å²) in [4.78, 5) is 4.62. The number of hydrogen-bond acceptors (Lipinski definition) is 4. The second kappa shape index (κ2) is 10.3. The van der Waals surface area contributed by atoms with E-state index in [1.807, 2.05) is 23.9 Å². The van der Waals surface area contributed by atoms with Crippen molar-refractivity contribution in [3.8, 4) is 0 Å². The van der Waals surface area contributed by atoms with Crippen LogP contribution in [0, 0.1) is 0 Å². The summed E-state index contributed by atoms with van der Waals surface area (Å²) in [6.45, 7) is 0.606. The first-order valence-corrected chi connectivity index (χ1v) is 11.9. The molecule has 9 heteroatoms. The molecular formula is C18H29IN4O2S2. The lowest BCUT2D eigenvalue weighted by Gasteiger charge is -2.17. The van der Waals surface area contributed by atoms with Gasteiger partial charge in [0.2, 0.25) is 10.0 Å². The Morgan fingerprint density at radius 1 is 1.15 bits per heavy atom. The van der Waals surface area contributed by atoms with Crippen LogP contribution >= 0.6 is 35.7 Å². The first-order chi connectivity index (χ1) is 12.5. The first-order valence-electron chi connectivity index (χ1n) is 9.11. The fourth-order valence-electron chi connectivity index (χ4n) is 3.13. The lowest BCUT2D eigenvalue weighted by atomic mass is 10.2. The summed E-state index contributed by atoms with van der Waals surface area (Å²) in [7, 11) is -1.61. The van der Waals surface area contributed by atoms with Crippen molar-refractivity contribution in [2.75, 3.05) is 13.3 Å². The average molecular weight is 524 g/mol. The standard InChI is InChI=1S/C18H28N4O2S2.HI/c1-19-18(21-15-7-8-16(11-15)25-2)20-12-13-3-9-17(10-4-13)26(23,24)22-14-5-6-14;/h3-4,9-10,14-16,22H,5-8,11-12H2,1-2H3,(H2,19,20,21);1H. The van der Waals surface area contributed by atoms with Crippen LogP contribution in [0.3, 0.4) is 0 Å². The Kier molecular flexibility index (Phi) is 8.70. The minimum atomic E-state index is -3.38. The summed E-state index contributed by atoms with van der Waals surface area (Å²) in [6.07, 6.45) is 7.64. The fraction of sp³-hybridized carbons (Fsp3) is 0.611. The molecule has 3 N–H and O–H groups in total. The monoisotopic (exact) mass is 524 g/mol. The van der Waals surface area contributed by atoms with Crippen LogP contribution in [-0.2, 0) is 16.6 Å². The van der Waals surface area contributed by atoms with E-state index >= 15 is 0 Å². The lowest BCUT2D eigenvalue weighted by molar-refractivity contribution is 0.581. The zero-order valence-electron chi connectivity index (χ0n) is 15.8. The lowest BCUT2D eigenvalue weighted by Crippen LogP contribution is -2.42. The van der Waals surface area contributed by atoms with Gasteiger partial charge in [0.1, 0.15) is 0 Å². The highest BCUT2D eigenvalue weighted by Gasteiger charge is 2.28. The minimum absolute atomic E-state index is 0.